The van der Waals surface area contributed by atoms with Crippen LogP contribution in [-0.2, 0) is 14.8 Å². The summed E-state index contributed by atoms with van der Waals surface area (Å²) in [7, 11) is -3.93. The number of hydrogen-bond donors (Lipinski definition) is 2. The topological polar surface area (TPSA) is 107 Å². The van der Waals surface area contributed by atoms with Gasteiger partial charge in [-0.05, 0) is 19.3 Å². The van der Waals surface area contributed by atoms with E-state index in [1.807, 2.05) is 0 Å². The number of nitriles is 1. The molecule has 0 bridgehead atoms. The maximum atomic E-state index is 12.1. The molecule has 1 rings (SSSR count). The highest BCUT2D eigenvalue weighted by atomic mass is 32.2. The molecule has 19 heavy (non-hydrogen) atoms. The van der Waals surface area contributed by atoms with Crippen LogP contribution in [0.15, 0.2) is 0 Å². The molecule has 1 saturated carbocycles. The van der Waals surface area contributed by atoms with E-state index in [1.54, 1.807) is 13.0 Å². The predicted octanol–water partition coefficient (Wildman–Crippen LogP) is 1.39. The van der Waals surface area contributed by atoms with Gasteiger partial charge in [0.2, 0.25) is 10.0 Å². The van der Waals surface area contributed by atoms with Gasteiger partial charge in [-0.25, -0.2) is 8.42 Å². The molecule has 0 aliphatic heterocycles. The molecule has 7 heteroatoms. The Balaban J connectivity index is 3.02. The molecular weight excluding hydrogens is 268 g/mol. The summed E-state index contributed by atoms with van der Waals surface area (Å²) in [6, 6.07) is 1.71. The zero-order valence-corrected chi connectivity index (χ0v) is 11.9. The van der Waals surface area contributed by atoms with Crippen LogP contribution in [0.4, 0.5) is 0 Å². The van der Waals surface area contributed by atoms with Crippen molar-refractivity contribution in [2.75, 3.05) is 0 Å². The zero-order valence-electron chi connectivity index (χ0n) is 11.1. The number of sulfonamides is 1. The summed E-state index contributed by atoms with van der Waals surface area (Å²) in [5.41, 5.74) is -1.44. The SMILES string of the molecule is CCC(C#N)S(=O)(=O)NC1(C(=O)O)CCCCCC1. The van der Waals surface area contributed by atoms with Gasteiger partial charge in [-0.3, -0.25) is 4.79 Å². The van der Waals surface area contributed by atoms with Crippen molar-refractivity contribution in [3.05, 3.63) is 0 Å². The molecule has 0 heterocycles. The molecule has 1 aliphatic rings. The van der Waals surface area contributed by atoms with E-state index in [0.717, 1.165) is 12.8 Å². The lowest BCUT2D eigenvalue weighted by molar-refractivity contribution is -0.144. The zero-order chi connectivity index (χ0) is 14.5. The Labute approximate surface area is 113 Å². The van der Waals surface area contributed by atoms with Gasteiger partial charge in [-0.15, -0.1) is 0 Å². The van der Waals surface area contributed by atoms with Crippen LogP contribution < -0.4 is 4.72 Å². The van der Waals surface area contributed by atoms with Gasteiger partial charge in [-0.2, -0.15) is 9.98 Å². The number of nitrogens with one attached hydrogen (secondary N) is 1. The summed E-state index contributed by atoms with van der Waals surface area (Å²) in [4.78, 5) is 11.5. The molecule has 0 aromatic rings. The van der Waals surface area contributed by atoms with Crippen molar-refractivity contribution in [1.82, 2.24) is 4.72 Å². The molecule has 1 unspecified atom stereocenters. The Morgan fingerprint density at radius 3 is 2.26 bits per heavy atom. The van der Waals surface area contributed by atoms with E-state index in [0.29, 0.717) is 12.8 Å². The molecule has 1 aliphatic carbocycles. The van der Waals surface area contributed by atoms with E-state index in [-0.39, 0.29) is 19.3 Å². The smallest absolute Gasteiger partial charge is 0.324 e. The van der Waals surface area contributed by atoms with Crippen molar-refractivity contribution in [2.45, 2.75) is 62.7 Å². The second kappa shape index (κ2) is 6.35. The summed E-state index contributed by atoms with van der Waals surface area (Å²) in [5, 5.41) is 17.0. The van der Waals surface area contributed by atoms with Crippen LogP contribution in [0.3, 0.4) is 0 Å². The molecule has 0 aromatic heterocycles. The summed E-state index contributed by atoms with van der Waals surface area (Å²) in [5.74, 6) is -1.15. The molecule has 108 valence electrons. The monoisotopic (exact) mass is 288 g/mol. The standard InChI is InChI=1S/C12H20N2O4S/c1-2-10(9-13)19(17,18)14-12(11(15)16)7-5-3-4-6-8-12/h10,14H,2-8H2,1H3,(H,15,16). The first-order valence-electron chi connectivity index (χ1n) is 6.54. The first-order valence-corrected chi connectivity index (χ1v) is 8.08. The molecular formula is C12H20N2O4S. The van der Waals surface area contributed by atoms with E-state index in [2.05, 4.69) is 4.72 Å². The van der Waals surface area contributed by atoms with Crippen LogP contribution in [0.25, 0.3) is 0 Å². The van der Waals surface area contributed by atoms with E-state index >= 15 is 0 Å². The lowest BCUT2D eigenvalue weighted by Gasteiger charge is -2.29. The highest BCUT2D eigenvalue weighted by molar-refractivity contribution is 7.90. The predicted molar refractivity (Wildman–Crippen MR) is 69.8 cm³/mol. The van der Waals surface area contributed by atoms with E-state index < -0.39 is 26.8 Å². The number of aliphatic carboxylic acids is 1. The van der Waals surface area contributed by atoms with E-state index in [4.69, 9.17) is 5.26 Å². The molecule has 0 saturated heterocycles. The number of hydrogen-bond acceptors (Lipinski definition) is 4. The highest BCUT2D eigenvalue weighted by Gasteiger charge is 2.43. The summed E-state index contributed by atoms with van der Waals surface area (Å²) in [6.45, 7) is 1.59. The minimum Gasteiger partial charge on any atom is -0.480 e. The van der Waals surface area contributed by atoms with Crippen LogP contribution in [0.2, 0.25) is 0 Å². The number of carboxylic acid groups (broad SMARTS) is 1. The quantitative estimate of drug-likeness (QED) is 0.743. The molecule has 0 radical (unpaired) electrons. The number of carboxylic acids is 1. The Bertz CT molecular complexity index is 459. The average Bonchev–Trinajstić information content (AvgIpc) is 2.56. The summed E-state index contributed by atoms with van der Waals surface area (Å²) >= 11 is 0. The van der Waals surface area contributed by atoms with Gasteiger partial charge in [-0.1, -0.05) is 32.6 Å². The van der Waals surface area contributed by atoms with Gasteiger partial charge in [0.05, 0.1) is 6.07 Å². The molecule has 0 aromatic carbocycles. The second-order valence-electron chi connectivity index (χ2n) is 4.97. The Morgan fingerprint density at radius 1 is 1.37 bits per heavy atom. The van der Waals surface area contributed by atoms with Crippen molar-refractivity contribution in [3.8, 4) is 6.07 Å². The van der Waals surface area contributed by atoms with Crippen LogP contribution in [0, 0.1) is 11.3 Å². The van der Waals surface area contributed by atoms with Gasteiger partial charge < -0.3 is 5.11 Å². The third kappa shape index (κ3) is 3.67. The van der Waals surface area contributed by atoms with E-state index in [9.17, 15) is 18.3 Å². The van der Waals surface area contributed by atoms with Crippen molar-refractivity contribution < 1.29 is 18.3 Å². The van der Waals surface area contributed by atoms with Gasteiger partial charge in [0.15, 0.2) is 5.25 Å². The van der Waals surface area contributed by atoms with Crippen molar-refractivity contribution in [2.24, 2.45) is 0 Å². The fourth-order valence-electron chi connectivity index (χ4n) is 2.42. The lowest BCUT2D eigenvalue weighted by Crippen LogP contribution is -2.56. The third-order valence-electron chi connectivity index (χ3n) is 3.59. The summed E-state index contributed by atoms with van der Waals surface area (Å²) in [6.07, 6.45) is 3.88. The normalized spacial score (nSPS) is 21.1. The fourth-order valence-corrected chi connectivity index (χ4v) is 3.97. The third-order valence-corrected chi connectivity index (χ3v) is 5.46. The lowest BCUT2D eigenvalue weighted by atomic mass is 9.92. The Morgan fingerprint density at radius 2 is 1.89 bits per heavy atom. The highest BCUT2D eigenvalue weighted by Crippen LogP contribution is 2.29. The van der Waals surface area contributed by atoms with Crippen molar-refractivity contribution in [3.63, 3.8) is 0 Å². The first-order chi connectivity index (χ1) is 8.88. The Kier molecular flexibility index (Phi) is 5.32. The maximum absolute atomic E-state index is 12.1. The van der Waals surface area contributed by atoms with E-state index in [1.165, 1.54) is 0 Å². The molecule has 0 amide bonds. The minimum absolute atomic E-state index is 0.140. The first kappa shape index (κ1) is 15.9. The second-order valence-corrected chi connectivity index (χ2v) is 6.84. The number of nitrogens with zero attached hydrogens (tertiary/aromatic N) is 1. The van der Waals surface area contributed by atoms with Crippen LogP contribution in [0.1, 0.15) is 51.9 Å². The van der Waals surface area contributed by atoms with Gasteiger partial charge >= 0.3 is 5.97 Å². The van der Waals surface area contributed by atoms with Gasteiger partial charge in [0.1, 0.15) is 5.54 Å². The molecule has 6 nitrogen and oxygen atoms in total. The molecule has 0 spiro atoms. The van der Waals surface area contributed by atoms with Crippen LogP contribution >= 0.6 is 0 Å². The Hall–Kier alpha value is -1.13. The largest absolute Gasteiger partial charge is 0.480 e. The van der Waals surface area contributed by atoms with Gasteiger partial charge in [0, 0.05) is 0 Å². The number of rotatable bonds is 5. The minimum atomic E-state index is -3.93. The average molecular weight is 288 g/mol. The summed E-state index contributed by atoms with van der Waals surface area (Å²) < 4.78 is 26.5. The van der Waals surface area contributed by atoms with Crippen molar-refractivity contribution >= 4 is 16.0 Å². The molecule has 1 fully saturated rings. The van der Waals surface area contributed by atoms with Crippen molar-refractivity contribution in [1.29, 1.82) is 5.26 Å². The fraction of sp³-hybridized carbons (Fsp3) is 0.833. The molecule has 1 atom stereocenters. The molecule has 2 N–H and O–H groups in total. The maximum Gasteiger partial charge on any atom is 0.324 e. The van der Waals surface area contributed by atoms with Crippen LogP contribution in [0.5, 0.6) is 0 Å². The number of carbonyl (C=O) groups is 1. The van der Waals surface area contributed by atoms with Crippen LogP contribution in [-0.4, -0.2) is 30.3 Å². The van der Waals surface area contributed by atoms with Gasteiger partial charge in [0.25, 0.3) is 0 Å².